The molecule has 0 atom stereocenters. The van der Waals surface area contributed by atoms with Gasteiger partial charge >= 0.3 is 12.4 Å². The number of halogens is 6. The Kier molecular flexibility index (Phi) is 6.00. The van der Waals surface area contributed by atoms with E-state index in [4.69, 9.17) is 4.74 Å². The number of nitrogens with zero attached hydrogens (tertiary/aromatic N) is 5. The summed E-state index contributed by atoms with van der Waals surface area (Å²) in [5.41, 5.74) is 0.132. The van der Waals surface area contributed by atoms with Crippen molar-refractivity contribution in [2.24, 2.45) is 14.1 Å². The van der Waals surface area contributed by atoms with E-state index in [0.29, 0.717) is 28.7 Å². The largest absolute Gasteiger partial charge is 0.457 e. The number of alkyl halides is 6. The van der Waals surface area contributed by atoms with Crippen LogP contribution in [0.4, 0.5) is 38.0 Å². The number of hydrogen-bond donors (Lipinski definition) is 1. The number of rotatable bonds is 5. The Hall–Kier alpha value is -4.55. The molecule has 3 heterocycles. The molecule has 0 unspecified atom stereocenters. The zero-order valence-corrected chi connectivity index (χ0v) is 19.8. The first-order valence-electron chi connectivity index (χ1n) is 11.0. The fourth-order valence-electron chi connectivity index (χ4n) is 3.80. The average molecular weight is 532 g/mol. The first-order chi connectivity index (χ1) is 17.9. The van der Waals surface area contributed by atoms with Crippen LogP contribution in [0.3, 0.4) is 0 Å². The maximum absolute atomic E-state index is 13.0. The molecule has 196 valence electrons. The first-order valence-corrected chi connectivity index (χ1v) is 11.0. The van der Waals surface area contributed by atoms with Gasteiger partial charge in [0, 0.05) is 44.3 Å². The van der Waals surface area contributed by atoms with Crippen molar-refractivity contribution in [1.82, 2.24) is 24.1 Å². The summed E-state index contributed by atoms with van der Waals surface area (Å²) in [6.45, 7) is 0. The van der Waals surface area contributed by atoms with Crippen LogP contribution >= 0.6 is 0 Å². The van der Waals surface area contributed by atoms with E-state index in [2.05, 4.69) is 20.3 Å². The average Bonchev–Trinajstić information content (AvgIpc) is 3.39. The van der Waals surface area contributed by atoms with Crippen LogP contribution in [-0.4, -0.2) is 24.1 Å². The first kappa shape index (κ1) is 25.1. The Morgan fingerprint density at radius 1 is 0.816 bits per heavy atom. The minimum atomic E-state index is -4.58. The van der Waals surface area contributed by atoms with E-state index in [1.165, 1.54) is 36.0 Å². The second kappa shape index (κ2) is 9.08. The van der Waals surface area contributed by atoms with Crippen molar-refractivity contribution in [3.8, 4) is 23.0 Å². The minimum absolute atomic E-state index is 0.0296. The molecule has 0 saturated carbocycles. The molecule has 5 aromatic rings. The van der Waals surface area contributed by atoms with Gasteiger partial charge in [0.15, 0.2) is 11.5 Å². The lowest BCUT2D eigenvalue weighted by Gasteiger charge is -2.09. The third kappa shape index (κ3) is 4.99. The van der Waals surface area contributed by atoms with Crippen LogP contribution in [0.1, 0.15) is 11.3 Å². The van der Waals surface area contributed by atoms with Gasteiger partial charge in [0.2, 0.25) is 5.95 Å². The lowest BCUT2D eigenvalue weighted by Crippen LogP contribution is -2.05. The number of ether oxygens (including phenoxy) is 1. The molecule has 0 amide bonds. The molecule has 13 heteroatoms. The third-order valence-corrected chi connectivity index (χ3v) is 5.68. The summed E-state index contributed by atoms with van der Waals surface area (Å²) < 4.78 is 86.4. The van der Waals surface area contributed by atoms with Gasteiger partial charge in [0.25, 0.3) is 0 Å². The Bertz CT molecular complexity index is 1620. The van der Waals surface area contributed by atoms with E-state index < -0.39 is 23.6 Å². The summed E-state index contributed by atoms with van der Waals surface area (Å²) in [6, 6.07) is 12.7. The SMILES string of the molecule is Cn1cc(C(F)(F)F)nc1-c1cc(Oc2ccc3c(c2)nc(Nc2ccc(C(F)(F)F)cc2)n3C)ccn1. The second-order valence-corrected chi connectivity index (χ2v) is 8.38. The fraction of sp³-hybridized carbons (Fsp3) is 0.160. The summed E-state index contributed by atoms with van der Waals surface area (Å²) in [5.74, 6) is 1.16. The molecule has 0 radical (unpaired) electrons. The highest BCUT2D eigenvalue weighted by Crippen LogP contribution is 2.33. The van der Waals surface area contributed by atoms with Crippen LogP contribution in [0.2, 0.25) is 0 Å². The van der Waals surface area contributed by atoms with Crippen LogP contribution in [0.25, 0.3) is 22.6 Å². The molecule has 1 N–H and O–H groups in total. The smallest absolute Gasteiger partial charge is 0.434 e. The predicted molar refractivity (Wildman–Crippen MR) is 127 cm³/mol. The summed E-state index contributed by atoms with van der Waals surface area (Å²) in [5, 5.41) is 3.00. The van der Waals surface area contributed by atoms with Crippen molar-refractivity contribution in [2.75, 3.05) is 5.32 Å². The van der Waals surface area contributed by atoms with Crippen LogP contribution in [0.15, 0.2) is 67.0 Å². The summed E-state index contributed by atoms with van der Waals surface area (Å²) >= 11 is 0. The summed E-state index contributed by atoms with van der Waals surface area (Å²) in [4.78, 5) is 12.3. The Balaban J connectivity index is 1.37. The maximum Gasteiger partial charge on any atom is 0.434 e. The number of benzene rings is 2. The van der Waals surface area contributed by atoms with E-state index >= 15 is 0 Å². The Labute approximate surface area is 211 Å². The van der Waals surface area contributed by atoms with Gasteiger partial charge in [-0.3, -0.25) is 4.98 Å². The van der Waals surface area contributed by atoms with Crippen molar-refractivity contribution < 1.29 is 31.1 Å². The van der Waals surface area contributed by atoms with Gasteiger partial charge in [-0.25, -0.2) is 9.97 Å². The van der Waals surface area contributed by atoms with Gasteiger partial charge in [-0.2, -0.15) is 26.3 Å². The van der Waals surface area contributed by atoms with E-state index in [9.17, 15) is 26.3 Å². The Morgan fingerprint density at radius 3 is 2.18 bits per heavy atom. The van der Waals surface area contributed by atoms with Gasteiger partial charge in [-0.15, -0.1) is 0 Å². The molecule has 0 bridgehead atoms. The number of nitrogens with one attached hydrogen (secondary N) is 1. The van der Waals surface area contributed by atoms with Crippen LogP contribution < -0.4 is 10.1 Å². The zero-order chi connectivity index (χ0) is 27.2. The molecular formula is C25H18F6N6O. The zero-order valence-electron chi connectivity index (χ0n) is 19.8. The number of aromatic nitrogens is 5. The minimum Gasteiger partial charge on any atom is -0.457 e. The highest BCUT2D eigenvalue weighted by molar-refractivity contribution is 5.81. The van der Waals surface area contributed by atoms with Crippen molar-refractivity contribution >= 4 is 22.7 Å². The van der Waals surface area contributed by atoms with E-state index in [-0.39, 0.29) is 11.5 Å². The van der Waals surface area contributed by atoms with Gasteiger partial charge < -0.3 is 19.2 Å². The molecule has 7 nitrogen and oxygen atoms in total. The van der Waals surface area contributed by atoms with Crippen LogP contribution in [0.5, 0.6) is 11.5 Å². The van der Waals surface area contributed by atoms with E-state index in [1.54, 1.807) is 35.9 Å². The van der Waals surface area contributed by atoms with Crippen molar-refractivity contribution in [3.05, 3.63) is 78.2 Å². The van der Waals surface area contributed by atoms with Crippen LogP contribution in [-0.2, 0) is 26.4 Å². The molecular weight excluding hydrogens is 514 g/mol. The Morgan fingerprint density at radius 2 is 1.53 bits per heavy atom. The number of anilines is 2. The molecule has 5 rings (SSSR count). The number of pyridine rings is 1. The third-order valence-electron chi connectivity index (χ3n) is 5.68. The van der Waals surface area contributed by atoms with Crippen molar-refractivity contribution in [2.45, 2.75) is 12.4 Å². The normalized spacial score (nSPS) is 12.2. The monoisotopic (exact) mass is 532 g/mol. The molecule has 38 heavy (non-hydrogen) atoms. The summed E-state index contributed by atoms with van der Waals surface area (Å²) in [6.07, 6.45) is -6.72. The summed E-state index contributed by atoms with van der Waals surface area (Å²) in [7, 11) is 3.19. The molecule has 3 aromatic heterocycles. The molecule has 2 aromatic carbocycles. The maximum atomic E-state index is 13.0. The van der Waals surface area contributed by atoms with Crippen molar-refractivity contribution in [1.29, 1.82) is 0 Å². The fourth-order valence-corrected chi connectivity index (χ4v) is 3.80. The number of aryl methyl sites for hydroxylation is 2. The topological polar surface area (TPSA) is 69.8 Å². The van der Waals surface area contributed by atoms with Crippen molar-refractivity contribution in [3.63, 3.8) is 0 Å². The number of fused-ring (bicyclic) bond motifs is 1. The number of imidazole rings is 2. The van der Waals surface area contributed by atoms with E-state index in [0.717, 1.165) is 23.8 Å². The molecule has 0 aliphatic heterocycles. The molecule has 0 fully saturated rings. The van der Waals surface area contributed by atoms with Gasteiger partial charge in [-0.05, 0) is 42.5 Å². The molecule has 0 aliphatic carbocycles. The van der Waals surface area contributed by atoms with Gasteiger partial charge in [0.1, 0.15) is 17.2 Å². The van der Waals surface area contributed by atoms with Crippen LogP contribution in [0, 0.1) is 0 Å². The number of hydrogen-bond acceptors (Lipinski definition) is 5. The van der Waals surface area contributed by atoms with E-state index in [1.807, 2.05) is 0 Å². The predicted octanol–water partition coefficient (Wildman–Crippen LogP) is 6.94. The lowest BCUT2D eigenvalue weighted by atomic mass is 10.2. The van der Waals surface area contributed by atoms with Gasteiger partial charge in [0.05, 0.1) is 16.6 Å². The quantitative estimate of drug-likeness (QED) is 0.248. The highest BCUT2D eigenvalue weighted by atomic mass is 19.4. The highest BCUT2D eigenvalue weighted by Gasteiger charge is 2.34. The molecule has 0 spiro atoms. The standard InChI is InChI=1S/C25H18F6N6O/c1-36-13-21(25(29,30)31)35-22(36)19-12-17(9-10-32-19)38-16-7-8-20-18(11-16)34-23(37(20)2)33-15-5-3-14(4-6-15)24(26,27)28/h3-13H,1-2H3,(H,33,34). The van der Waals surface area contributed by atoms with Gasteiger partial charge in [-0.1, -0.05) is 0 Å². The molecule has 0 aliphatic rings. The lowest BCUT2D eigenvalue weighted by molar-refractivity contribution is -0.141. The molecule has 0 saturated heterocycles. The second-order valence-electron chi connectivity index (χ2n) is 8.38.